The van der Waals surface area contributed by atoms with Crippen molar-refractivity contribution in [3.05, 3.63) is 24.3 Å². The van der Waals surface area contributed by atoms with Crippen LogP contribution in [0.5, 0.6) is 0 Å². The number of carbonyl (C=O) groups is 1. The summed E-state index contributed by atoms with van der Waals surface area (Å²) in [6.45, 7) is 0. The Morgan fingerprint density at radius 2 is 1.70 bits per heavy atom. The number of para-hydroxylation sites is 1. The maximum absolute atomic E-state index is 12.3. The van der Waals surface area contributed by atoms with Gasteiger partial charge in [0.2, 0.25) is 15.9 Å². The number of hydrogen-bond donors (Lipinski definition) is 2. The molecule has 1 aromatic carbocycles. The lowest BCUT2D eigenvalue weighted by molar-refractivity contribution is -0.120. The van der Waals surface area contributed by atoms with E-state index >= 15 is 0 Å². The number of nitrogens with two attached hydrogens (primary N) is 1. The summed E-state index contributed by atoms with van der Waals surface area (Å²) >= 11 is 0. The molecule has 1 aromatic rings. The van der Waals surface area contributed by atoms with Crippen molar-refractivity contribution in [1.29, 1.82) is 0 Å². The fraction of sp³-hybridized carbons (Fsp3) is 0.500. The van der Waals surface area contributed by atoms with Crippen LogP contribution in [0.3, 0.4) is 0 Å². The van der Waals surface area contributed by atoms with Gasteiger partial charge in [0.1, 0.15) is 4.90 Å². The molecule has 0 spiro atoms. The van der Waals surface area contributed by atoms with Gasteiger partial charge in [-0.25, -0.2) is 13.6 Å². The number of anilines is 1. The molecule has 2 rings (SSSR count). The van der Waals surface area contributed by atoms with Crippen LogP contribution in [-0.2, 0) is 14.8 Å². The maximum Gasteiger partial charge on any atom is 0.240 e. The van der Waals surface area contributed by atoms with Crippen LogP contribution in [0.25, 0.3) is 0 Å². The number of sulfonamides is 1. The van der Waals surface area contributed by atoms with Gasteiger partial charge >= 0.3 is 0 Å². The normalized spacial score (nSPS) is 17.4. The van der Waals surface area contributed by atoms with Crippen molar-refractivity contribution in [3.8, 4) is 0 Å². The minimum absolute atomic E-state index is 0.0361. The fourth-order valence-electron chi connectivity index (χ4n) is 2.59. The van der Waals surface area contributed by atoms with Gasteiger partial charge in [-0.1, -0.05) is 37.8 Å². The number of rotatable bonds is 3. The molecule has 0 heterocycles. The summed E-state index contributed by atoms with van der Waals surface area (Å²) in [5.74, 6) is -0.144. The molecule has 3 N–H and O–H groups in total. The van der Waals surface area contributed by atoms with Gasteiger partial charge in [0.15, 0.2) is 0 Å². The molecule has 0 atom stereocenters. The predicted molar refractivity (Wildman–Crippen MR) is 77.6 cm³/mol. The summed E-state index contributed by atoms with van der Waals surface area (Å²) in [5.41, 5.74) is 0.268. The van der Waals surface area contributed by atoms with E-state index in [4.69, 9.17) is 5.14 Å². The Morgan fingerprint density at radius 1 is 1.10 bits per heavy atom. The molecule has 0 aromatic heterocycles. The molecular weight excluding hydrogens is 276 g/mol. The van der Waals surface area contributed by atoms with E-state index in [1.807, 2.05) is 0 Å². The lowest BCUT2D eigenvalue weighted by atomic mass is 9.99. The Kier molecular flexibility index (Phi) is 4.77. The second-order valence-corrected chi connectivity index (χ2v) is 6.75. The molecule has 0 bridgehead atoms. The van der Waals surface area contributed by atoms with Crippen molar-refractivity contribution in [1.82, 2.24) is 0 Å². The van der Waals surface area contributed by atoms with Crippen LogP contribution in [-0.4, -0.2) is 14.3 Å². The van der Waals surface area contributed by atoms with Gasteiger partial charge in [-0.2, -0.15) is 0 Å². The number of nitrogens with one attached hydrogen (secondary N) is 1. The van der Waals surface area contributed by atoms with Gasteiger partial charge < -0.3 is 5.32 Å². The zero-order valence-electron chi connectivity index (χ0n) is 11.3. The molecule has 1 amide bonds. The zero-order chi connectivity index (χ0) is 14.6. The zero-order valence-corrected chi connectivity index (χ0v) is 12.2. The Morgan fingerprint density at radius 3 is 2.30 bits per heavy atom. The smallest absolute Gasteiger partial charge is 0.240 e. The Labute approximate surface area is 119 Å². The Bertz CT molecular complexity index is 576. The summed E-state index contributed by atoms with van der Waals surface area (Å²) in [5, 5.41) is 7.87. The Balaban J connectivity index is 2.15. The molecule has 20 heavy (non-hydrogen) atoms. The van der Waals surface area contributed by atoms with Gasteiger partial charge in [-0.05, 0) is 25.0 Å². The molecule has 0 unspecified atom stereocenters. The molecule has 6 heteroatoms. The van der Waals surface area contributed by atoms with E-state index in [9.17, 15) is 13.2 Å². The molecule has 1 aliphatic rings. The average molecular weight is 296 g/mol. The SMILES string of the molecule is NS(=O)(=O)c1ccccc1NC(=O)C1CCCCCC1. The minimum Gasteiger partial charge on any atom is -0.325 e. The standard InChI is InChI=1S/C14H20N2O3S/c15-20(18,19)13-10-6-5-9-12(13)16-14(17)11-7-3-1-2-4-8-11/h5-6,9-11H,1-4,7-8H2,(H,16,17)(H2,15,18,19). The van der Waals surface area contributed by atoms with Crippen LogP contribution < -0.4 is 10.5 Å². The molecule has 0 saturated heterocycles. The van der Waals surface area contributed by atoms with Crippen LogP contribution in [0, 0.1) is 5.92 Å². The van der Waals surface area contributed by atoms with Gasteiger partial charge in [-0.3, -0.25) is 4.79 Å². The van der Waals surface area contributed by atoms with Gasteiger partial charge in [0.05, 0.1) is 5.69 Å². The van der Waals surface area contributed by atoms with Gasteiger partial charge in [0, 0.05) is 5.92 Å². The molecule has 0 aliphatic heterocycles. The van der Waals surface area contributed by atoms with Crippen LogP contribution in [0.15, 0.2) is 29.2 Å². The van der Waals surface area contributed by atoms with E-state index in [0.29, 0.717) is 0 Å². The predicted octanol–water partition coefficient (Wildman–Crippen LogP) is 2.24. The molecule has 0 radical (unpaired) electrons. The average Bonchev–Trinajstić information content (AvgIpc) is 2.67. The highest BCUT2D eigenvalue weighted by atomic mass is 32.2. The molecule has 1 saturated carbocycles. The first-order chi connectivity index (χ1) is 9.48. The summed E-state index contributed by atoms with van der Waals surface area (Å²) in [6, 6.07) is 6.23. The number of benzene rings is 1. The van der Waals surface area contributed by atoms with Crippen LogP contribution in [0.2, 0.25) is 0 Å². The maximum atomic E-state index is 12.3. The summed E-state index contributed by atoms with van der Waals surface area (Å²) in [7, 11) is -3.83. The highest BCUT2D eigenvalue weighted by molar-refractivity contribution is 7.89. The number of hydrogen-bond acceptors (Lipinski definition) is 3. The second kappa shape index (κ2) is 6.37. The Hall–Kier alpha value is -1.40. The lowest BCUT2D eigenvalue weighted by Crippen LogP contribution is -2.24. The van der Waals surface area contributed by atoms with E-state index < -0.39 is 10.0 Å². The van der Waals surface area contributed by atoms with E-state index in [-0.39, 0.29) is 22.4 Å². The van der Waals surface area contributed by atoms with Crippen molar-refractivity contribution in [2.45, 2.75) is 43.4 Å². The summed E-state index contributed by atoms with van der Waals surface area (Å²) < 4.78 is 23.0. The monoisotopic (exact) mass is 296 g/mol. The van der Waals surface area contributed by atoms with E-state index in [1.54, 1.807) is 18.2 Å². The number of primary sulfonamides is 1. The third-order valence-corrected chi connectivity index (χ3v) is 4.65. The lowest BCUT2D eigenvalue weighted by Gasteiger charge is -2.15. The molecular formula is C14H20N2O3S. The van der Waals surface area contributed by atoms with Crippen molar-refractivity contribution in [2.24, 2.45) is 11.1 Å². The highest BCUT2D eigenvalue weighted by Crippen LogP contribution is 2.26. The molecule has 110 valence electrons. The van der Waals surface area contributed by atoms with Crippen LogP contribution >= 0.6 is 0 Å². The van der Waals surface area contributed by atoms with Crippen LogP contribution in [0.1, 0.15) is 38.5 Å². The van der Waals surface area contributed by atoms with Crippen molar-refractivity contribution < 1.29 is 13.2 Å². The first-order valence-corrected chi connectivity index (χ1v) is 8.46. The molecule has 1 fully saturated rings. The molecule has 1 aliphatic carbocycles. The number of carbonyl (C=O) groups excluding carboxylic acids is 1. The van der Waals surface area contributed by atoms with E-state index in [2.05, 4.69) is 5.32 Å². The minimum atomic E-state index is -3.83. The first-order valence-electron chi connectivity index (χ1n) is 6.91. The third-order valence-electron chi connectivity index (χ3n) is 3.68. The topological polar surface area (TPSA) is 89.3 Å². The van der Waals surface area contributed by atoms with Crippen molar-refractivity contribution in [2.75, 3.05) is 5.32 Å². The third kappa shape index (κ3) is 3.80. The quantitative estimate of drug-likeness (QED) is 0.838. The number of amides is 1. The summed E-state index contributed by atoms with van der Waals surface area (Å²) in [6.07, 6.45) is 6.16. The van der Waals surface area contributed by atoms with Crippen LogP contribution in [0.4, 0.5) is 5.69 Å². The van der Waals surface area contributed by atoms with Crippen molar-refractivity contribution >= 4 is 21.6 Å². The van der Waals surface area contributed by atoms with E-state index in [0.717, 1.165) is 38.5 Å². The van der Waals surface area contributed by atoms with E-state index in [1.165, 1.54) is 6.07 Å². The van der Waals surface area contributed by atoms with Crippen molar-refractivity contribution in [3.63, 3.8) is 0 Å². The second-order valence-electron chi connectivity index (χ2n) is 5.22. The summed E-state index contributed by atoms with van der Waals surface area (Å²) in [4.78, 5) is 12.2. The first kappa shape index (κ1) is 15.0. The fourth-order valence-corrected chi connectivity index (χ4v) is 3.29. The molecule has 5 nitrogen and oxygen atoms in total. The largest absolute Gasteiger partial charge is 0.325 e. The van der Waals surface area contributed by atoms with Gasteiger partial charge in [-0.15, -0.1) is 0 Å². The van der Waals surface area contributed by atoms with Gasteiger partial charge in [0.25, 0.3) is 0 Å². The highest BCUT2D eigenvalue weighted by Gasteiger charge is 2.22.